The standard InChI is InChI=1S/C17H18N2O3/c1-3-4-7-12-22-15-10-11-18-16(19-15)13-8-5-6-9-14(13)17(20)21-2/h3,5-6,8-11H,1,4,7,12H2,2H3. The number of ether oxygens (including phenoxy) is 2. The van der Waals surface area contributed by atoms with Crippen molar-refractivity contribution in [3.63, 3.8) is 0 Å². The molecule has 5 nitrogen and oxygen atoms in total. The molecule has 0 bridgehead atoms. The lowest BCUT2D eigenvalue weighted by Crippen LogP contribution is -2.05. The molecule has 0 saturated carbocycles. The van der Waals surface area contributed by atoms with Crippen molar-refractivity contribution in [3.05, 3.63) is 54.7 Å². The van der Waals surface area contributed by atoms with E-state index in [1.54, 1.807) is 30.5 Å². The molecule has 0 spiro atoms. The lowest BCUT2D eigenvalue weighted by atomic mass is 10.1. The summed E-state index contributed by atoms with van der Waals surface area (Å²) in [6.45, 7) is 4.22. The molecule has 1 aromatic carbocycles. The summed E-state index contributed by atoms with van der Waals surface area (Å²) in [6, 6.07) is 8.75. The van der Waals surface area contributed by atoms with Gasteiger partial charge in [0.25, 0.3) is 0 Å². The first kappa shape index (κ1) is 15.7. The maximum atomic E-state index is 11.8. The van der Waals surface area contributed by atoms with E-state index in [-0.39, 0.29) is 0 Å². The third-order valence-corrected chi connectivity index (χ3v) is 3.01. The summed E-state index contributed by atoms with van der Waals surface area (Å²) in [4.78, 5) is 20.4. The van der Waals surface area contributed by atoms with Gasteiger partial charge in [-0.25, -0.2) is 9.78 Å². The minimum Gasteiger partial charge on any atom is -0.478 e. The second kappa shape index (κ2) is 7.93. The highest BCUT2D eigenvalue weighted by Gasteiger charge is 2.14. The first-order chi connectivity index (χ1) is 10.8. The molecule has 0 N–H and O–H groups in total. The third-order valence-electron chi connectivity index (χ3n) is 3.01. The van der Waals surface area contributed by atoms with Crippen LogP contribution in [-0.4, -0.2) is 29.7 Å². The predicted octanol–water partition coefficient (Wildman–Crippen LogP) is 3.28. The van der Waals surface area contributed by atoms with Gasteiger partial charge in [-0.2, -0.15) is 4.98 Å². The smallest absolute Gasteiger partial charge is 0.338 e. The summed E-state index contributed by atoms with van der Waals surface area (Å²) >= 11 is 0. The number of esters is 1. The Bertz CT molecular complexity index is 656. The van der Waals surface area contributed by atoms with Gasteiger partial charge in [0.1, 0.15) is 0 Å². The van der Waals surface area contributed by atoms with Gasteiger partial charge >= 0.3 is 5.97 Å². The van der Waals surface area contributed by atoms with Crippen molar-refractivity contribution in [2.24, 2.45) is 0 Å². The number of hydrogen-bond acceptors (Lipinski definition) is 5. The SMILES string of the molecule is C=CCCCOc1ccnc(-c2ccccc2C(=O)OC)n1. The summed E-state index contributed by atoms with van der Waals surface area (Å²) in [7, 11) is 1.35. The van der Waals surface area contributed by atoms with Gasteiger partial charge in [0.05, 0.1) is 19.3 Å². The largest absolute Gasteiger partial charge is 0.478 e. The van der Waals surface area contributed by atoms with Gasteiger partial charge in [0.2, 0.25) is 5.88 Å². The summed E-state index contributed by atoms with van der Waals surface area (Å²) in [5.74, 6) is 0.493. The fourth-order valence-corrected chi connectivity index (χ4v) is 1.92. The molecule has 22 heavy (non-hydrogen) atoms. The van der Waals surface area contributed by atoms with E-state index in [1.165, 1.54) is 7.11 Å². The van der Waals surface area contributed by atoms with Gasteiger partial charge in [0, 0.05) is 17.8 Å². The second-order valence-electron chi connectivity index (χ2n) is 4.54. The summed E-state index contributed by atoms with van der Waals surface area (Å²) in [5.41, 5.74) is 1.04. The van der Waals surface area contributed by atoms with Crippen molar-refractivity contribution < 1.29 is 14.3 Å². The van der Waals surface area contributed by atoms with Crippen LogP contribution in [0.2, 0.25) is 0 Å². The summed E-state index contributed by atoms with van der Waals surface area (Å²) in [5, 5.41) is 0. The van der Waals surface area contributed by atoms with E-state index in [0.717, 1.165) is 12.8 Å². The van der Waals surface area contributed by atoms with E-state index in [1.807, 2.05) is 12.1 Å². The quantitative estimate of drug-likeness (QED) is 0.446. The zero-order chi connectivity index (χ0) is 15.8. The molecule has 0 fully saturated rings. The van der Waals surface area contributed by atoms with E-state index < -0.39 is 5.97 Å². The molecule has 1 aromatic heterocycles. The highest BCUT2D eigenvalue weighted by atomic mass is 16.5. The van der Waals surface area contributed by atoms with E-state index in [0.29, 0.717) is 29.4 Å². The van der Waals surface area contributed by atoms with Crippen LogP contribution in [0.3, 0.4) is 0 Å². The molecule has 1 heterocycles. The number of aromatic nitrogens is 2. The number of unbranched alkanes of at least 4 members (excludes halogenated alkanes) is 1. The maximum Gasteiger partial charge on any atom is 0.338 e. The van der Waals surface area contributed by atoms with E-state index in [4.69, 9.17) is 9.47 Å². The van der Waals surface area contributed by atoms with Gasteiger partial charge in [-0.15, -0.1) is 6.58 Å². The molecule has 5 heteroatoms. The van der Waals surface area contributed by atoms with Crippen molar-refractivity contribution in [1.29, 1.82) is 0 Å². The number of carbonyl (C=O) groups is 1. The summed E-state index contributed by atoms with van der Waals surface area (Å²) in [6.07, 6.45) is 5.23. The molecule has 0 aliphatic rings. The van der Waals surface area contributed by atoms with Crippen molar-refractivity contribution in [2.45, 2.75) is 12.8 Å². The zero-order valence-electron chi connectivity index (χ0n) is 12.5. The fraction of sp³-hybridized carbons (Fsp3) is 0.235. The van der Waals surface area contributed by atoms with Crippen molar-refractivity contribution in [2.75, 3.05) is 13.7 Å². The van der Waals surface area contributed by atoms with Gasteiger partial charge in [-0.05, 0) is 18.9 Å². The molecule has 0 amide bonds. The lowest BCUT2D eigenvalue weighted by Gasteiger charge is -2.08. The minimum absolute atomic E-state index is 0.420. The number of nitrogens with zero attached hydrogens (tertiary/aromatic N) is 2. The van der Waals surface area contributed by atoms with Crippen LogP contribution in [0.1, 0.15) is 23.2 Å². The molecular weight excluding hydrogens is 280 g/mol. The molecule has 114 valence electrons. The normalized spacial score (nSPS) is 10.0. The van der Waals surface area contributed by atoms with E-state index in [2.05, 4.69) is 16.5 Å². The fourth-order valence-electron chi connectivity index (χ4n) is 1.92. The molecule has 0 aliphatic heterocycles. The third kappa shape index (κ3) is 3.91. The highest BCUT2D eigenvalue weighted by Crippen LogP contribution is 2.22. The van der Waals surface area contributed by atoms with Gasteiger partial charge in [-0.1, -0.05) is 24.3 Å². The van der Waals surface area contributed by atoms with Gasteiger partial charge in [0.15, 0.2) is 5.82 Å². The number of rotatable bonds is 7. The molecule has 2 aromatic rings. The van der Waals surface area contributed by atoms with Crippen molar-refractivity contribution in [3.8, 4) is 17.3 Å². The Kier molecular flexibility index (Phi) is 5.65. The van der Waals surface area contributed by atoms with Crippen LogP contribution in [0.15, 0.2) is 49.2 Å². The van der Waals surface area contributed by atoms with Gasteiger partial charge < -0.3 is 9.47 Å². The Balaban J connectivity index is 2.22. The van der Waals surface area contributed by atoms with Gasteiger partial charge in [-0.3, -0.25) is 0 Å². The lowest BCUT2D eigenvalue weighted by molar-refractivity contribution is 0.0601. The van der Waals surface area contributed by atoms with Crippen LogP contribution in [-0.2, 0) is 4.74 Å². The van der Waals surface area contributed by atoms with E-state index in [9.17, 15) is 4.79 Å². The second-order valence-corrected chi connectivity index (χ2v) is 4.54. The topological polar surface area (TPSA) is 61.3 Å². The van der Waals surface area contributed by atoms with Crippen molar-refractivity contribution in [1.82, 2.24) is 9.97 Å². The van der Waals surface area contributed by atoms with Crippen LogP contribution >= 0.6 is 0 Å². The molecule has 0 saturated heterocycles. The van der Waals surface area contributed by atoms with Crippen LogP contribution in [0.4, 0.5) is 0 Å². The Labute approximate surface area is 129 Å². The number of hydrogen-bond donors (Lipinski definition) is 0. The van der Waals surface area contributed by atoms with Crippen molar-refractivity contribution >= 4 is 5.97 Å². The monoisotopic (exact) mass is 298 g/mol. The molecule has 0 radical (unpaired) electrons. The Morgan fingerprint density at radius 1 is 1.32 bits per heavy atom. The summed E-state index contributed by atoms with van der Waals surface area (Å²) < 4.78 is 10.4. The average Bonchev–Trinajstić information content (AvgIpc) is 2.58. The van der Waals surface area contributed by atoms with Crippen LogP contribution in [0.5, 0.6) is 5.88 Å². The van der Waals surface area contributed by atoms with Crippen LogP contribution in [0, 0.1) is 0 Å². The molecule has 0 aliphatic carbocycles. The first-order valence-corrected chi connectivity index (χ1v) is 7.00. The Morgan fingerprint density at radius 2 is 2.14 bits per heavy atom. The predicted molar refractivity (Wildman–Crippen MR) is 83.7 cm³/mol. The number of benzene rings is 1. The zero-order valence-corrected chi connectivity index (χ0v) is 12.5. The molecular formula is C17H18N2O3. The van der Waals surface area contributed by atoms with E-state index >= 15 is 0 Å². The minimum atomic E-state index is -0.420. The highest BCUT2D eigenvalue weighted by molar-refractivity contribution is 5.96. The molecule has 0 unspecified atom stereocenters. The number of methoxy groups -OCH3 is 1. The Hall–Kier alpha value is -2.69. The van der Waals surface area contributed by atoms with Crippen LogP contribution in [0.25, 0.3) is 11.4 Å². The average molecular weight is 298 g/mol. The molecule has 2 rings (SSSR count). The number of carbonyl (C=O) groups excluding carboxylic acids is 1. The maximum absolute atomic E-state index is 11.8. The number of allylic oxidation sites excluding steroid dienone is 1. The molecule has 0 atom stereocenters. The Morgan fingerprint density at radius 3 is 2.91 bits per heavy atom. The van der Waals surface area contributed by atoms with Crippen LogP contribution < -0.4 is 4.74 Å². The first-order valence-electron chi connectivity index (χ1n) is 7.00.